The van der Waals surface area contributed by atoms with Crippen LogP contribution >= 0.6 is 0 Å². The van der Waals surface area contributed by atoms with Crippen molar-refractivity contribution in [3.8, 4) is 0 Å². The number of nitro benzene ring substituents is 1. The van der Waals surface area contributed by atoms with Crippen LogP contribution in [0.15, 0.2) is 24.4 Å². The first-order valence-electron chi connectivity index (χ1n) is 6.07. The van der Waals surface area contributed by atoms with Crippen molar-refractivity contribution in [2.24, 2.45) is 5.41 Å². The summed E-state index contributed by atoms with van der Waals surface area (Å²) in [6, 6.07) is 4.49. The Balaban J connectivity index is 2.41. The number of rotatable bonds is 3. The highest BCUT2D eigenvalue weighted by molar-refractivity contribution is 6.08. The average molecular weight is 260 g/mol. The maximum atomic E-state index is 12.2. The Hall–Kier alpha value is -2.17. The van der Waals surface area contributed by atoms with Crippen molar-refractivity contribution in [2.45, 2.75) is 27.2 Å². The second kappa shape index (κ2) is 4.50. The van der Waals surface area contributed by atoms with Gasteiger partial charge in [-0.3, -0.25) is 14.9 Å². The van der Waals surface area contributed by atoms with Gasteiger partial charge in [0.05, 0.1) is 10.4 Å². The predicted octanol–water partition coefficient (Wildman–Crippen LogP) is 3.70. The minimum Gasteiger partial charge on any atom is -0.360 e. The van der Waals surface area contributed by atoms with E-state index in [1.54, 1.807) is 12.3 Å². The molecule has 19 heavy (non-hydrogen) atoms. The van der Waals surface area contributed by atoms with Gasteiger partial charge in [-0.2, -0.15) is 0 Å². The van der Waals surface area contributed by atoms with Gasteiger partial charge in [-0.15, -0.1) is 0 Å². The fourth-order valence-corrected chi connectivity index (χ4v) is 2.04. The highest BCUT2D eigenvalue weighted by Gasteiger charge is 2.20. The SMILES string of the molecule is CC(C)(C)CC(=O)c1c[nH]c2cc([N+](=O)[O-])ccc12. The van der Waals surface area contributed by atoms with Gasteiger partial charge in [0.2, 0.25) is 0 Å². The third-order valence-electron chi connectivity index (χ3n) is 2.87. The summed E-state index contributed by atoms with van der Waals surface area (Å²) in [5.41, 5.74) is 1.15. The van der Waals surface area contributed by atoms with Gasteiger partial charge in [0.15, 0.2) is 5.78 Å². The van der Waals surface area contributed by atoms with E-state index in [-0.39, 0.29) is 16.9 Å². The summed E-state index contributed by atoms with van der Waals surface area (Å²) in [6.45, 7) is 6.01. The van der Waals surface area contributed by atoms with E-state index in [1.165, 1.54) is 12.1 Å². The smallest absolute Gasteiger partial charge is 0.271 e. The summed E-state index contributed by atoms with van der Waals surface area (Å²) >= 11 is 0. The van der Waals surface area contributed by atoms with E-state index < -0.39 is 4.92 Å². The minimum atomic E-state index is -0.447. The molecule has 0 saturated heterocycles. The number of aromatic amines is 1. The number of Topliss-reactive ketones (excluding diaryl/α,β-unsaturated/α-hetero) is 1. The van der Waals surface area contributed by atoms with Gasteiger partial charge in [0, 0.05) is 35.7 Å². The molecule has 1 N–H and O–H groups in total. The van der Waals surface area contributed by atoms with Crippen LogP contribution < -0.4 is 0 Å². The number of aromatic nitrogens is 1. The topological polar surface area (TPSA) is 76.0 Å². The molecule has 0 aliphatic heterocycles. The number of non-ortho nitro benzene ring substituents is 1. The van der Waals surface area contributed by atoms with Crippen LogP contribution in [0.4, 0.5) is 5.69 Å². The van der Waals surface area contributed by atoms with E-state index in [9.17, 15) is 14.9 Å². The Morgan fingerprint density at radius 2 is 2.05 bits per heavy atom. The predicted molar refractivity (Wildman–Crippen MR) is 73.4 cm³/mol. The van der Waals surface area contributed by atoms with Gasteiger partial charge in [0.25, 0.3) is 5.69 Å². The van der Waals surface area contributed by atoms with Crippen molar-refractivity contribution in [3.63, 3.8) is 0 Å². The molecule has 0 unspecified atom stereocenters. The summed E-state index contributed by atoms with van der Waals surface area (Å²) in [7, 11) is 0. The van der Waals surface area contributed by atoms with Crippen molar-refractivity contribution in [1.29, 1.82) is 0 Å². The standard InChI is InChI=1S/C14H16N2O3/c1-14(2,3)7-13(17)11-8-15-12-6-9(16(18)19)4-5-10(11)12/h4-6,8,15H,7H2,1-3H3. The first kappa shape index (κ1) is 13.3. The number of H-pyrrole nitrogens is 1. The van der Waals surface area contributed by atoms with Gasteiger partial charge in [0.1, 0.15) is 0 Å². The lowest BCUT2D eigenvalue weighted by Crippen LogP contribution is -2.12. The number of carbonyl (C=O) groups excluding carboxylic acids is 1. The number of ketones is 1. The summed E-state index contributed by atoms with van der Waals surface area (Å²) in [5, 5.41) is 11.4. The summed E-state index contributed by atoms with van der Waals surface area (Å²) in [6.07, 6.45) is 2.07. The molecule has 0 fully saturated rings. The molecule has 0 amide bonds. The van der Waals surface area contributed by atoms with Crippen LogP contribution in [0.1, 0.15) is 37.6 Å². The molecule has 0 aliphatic rings. The number of hydrogen-bond acceptors (Lipinski definition) is 3. The van der Waals surface area contributed by atoms with Crippen molar-refractivity contribution >= 4 is 22.4 Å². The van der Waals surface area contributed by atoms with E-state index in [1.807, 2.05) is 20.8 Å². The molecule has 0 atom stereocenters. The van der Waals surface area contributed by atoms with Crippen LogP contribution in [0.3, 0.4) is 0 Å². The Morgan fingerprint density at radius 1 is 1.37 bits per heavy atom. The molecule has 5 heteroatoms. The maximum absolute atomic E-state index is 12.2. The molecule has 2 rings (SSSR count). The zero-order valence-corrected chi connectivity index (χ0v) is 11.2. The van der Waals surface area contributed by atoms with Crippen molar-refractivity contribution in [3.05, 3.63) is 40.1 Å². The van der Waals surface area contributed by atoms with Crippen LogP contribution in [-0.4, -0.2) is 15.7 Å². The van der Waals surface area contributed by atoms with Gasteiger partial charge < -0.3 is 4.98 Å². The zero-order valence-electron chi connectivity index (χ0n) is 11.2. The van der Waals surface area contributed by atoms with Crippen molar-refractivity contribution < 1.29 is 9.72 Å². The van der Waals surface area contributed by atoms with Crippen LogP contribution in [-0.2, 0) is 0 Å². The second-order valence-electron chi connectivity index (χ2n) is 5.85. The van der Waals surface area contributed by atoms with E-state index in [2.05, 4.69) is 4.98 Å². The van der Waals surface area contributed by atoms with Crippen LogP contribution in [0.2, 0.25) is 0 Å². The first-order valence-corrected chi connectivity index (χ1v) is 6.07. The van der Waals surface area contributed by atoms with E-state index >= 15 is 0 Å². The number of nitrogens with zero attached hydrogens (tertiary/aromatic N) is 1. The molecule has 0 aliphatic carbocycles. The zero-order chi connectivity index (χ0) is 14.2. The summed E-state index contributed by atoms with van der Waals surface area (Å²) in [4.78, 5) is 25.4. The Bertz CT molecular complexity index is 650. The van der Waals surface area contributed by atoms with Crippen LogP contribution in [0, 0.1) is 15.5 Å². The van der Waals surface area contributed by atoms with Gasteiger partial charge in [-0.1, -0.05) is 20.8 Å². The third kappa shape index (κ3) is 2.81. The lowest BCUT2D eigenvalue weighted by Gasteiger charge is -2.16. The van der Waals surface area contributed by atoms with Gasteiger partial charge in [-0.05, 0) is 11.5 Å². The molecule has 1 aromatic carbocycles. The highest BCUT2D eigenvalue weighted by atomic mass is 16.6. The lowest BCUT2D eigenvalue weighted by atomic mass is 9.88. The molecular formula is C14H16N2O3. The fourth-order valence-electron chi connectivity index (χ4n) is 2.04. The first-order chi connectivity index (χ1) is 8.78. The number of benzene rings is 1. The highest BCUT2D eigenvalue weighted by Crippen LogP contribution is 2.27. The fraction of sp³-hybridized carbons (Fsp3) is 0.357. The molecule has 0 radical (unpaired) electrons. The number of hydrogen-bond donors (Lipinski definition) is 1. The quantitative estimate of drug-likeness (QED) is 0.519. The molecule has 1 aromatic heterocycles. The molecule has 0 bridgehead atoms. The van der Waals surface area contributed by atoms with Gasteiger partial charge >= 0.3 is 0 Å². The van der Waals surface area contributed by atoms with E-state index in [0.29, 0.717) is 17.5 Å². The molecule has 5 nitrogen and oxygen atoms in total. The largest absolute Gasteiger partial charge is 0.360 e. The van der Waals surface area contributed by atoms with Crippen molar-refractivity contribution in [2.75, 3.05) is 0 Å². The minimum absolute atomic E-state index is 0.0178. The van der Waals surface area contributed by atoms with E-state index in [0.717, 1.165) is 5.39 Å². The summed E-state index contributed by atoms with van der Waals surface area (Å²) < 4.78 is 0. The molecule has 1 heterocycles. The molecule has 0 saturated carbocycles. The number of carbonyl (C=O) groups is 1. The Kier molecular flexibility index (Phi) is 3.14. The molecule has 2 aromatic rings. The monoisotopic (exact) mass is 260 g/mol. The lowest BCUT2D eigenvalue weighted by molar-refractivity contribution is -0.384. The molecule has 0 spiro atoms. The number of nitrogens with one attached hydrogen (secondary N) is 1. The molecular weight excluding hydrogens is 244 g/mol. The number of nitro groups is 1. The van der Waals surface area contributed by atoms with E-state index in [4.69, 9.17) is 0 Å². The normalized spacial score (nSPS) is 11.7. The van der Waals surface area contributed by atoms with Crippen LogP contribution in [0.5, 0.6) is 0 Å². The van der Waals surface area contributed by atoms with Gasteiger partial charge in [-0.25, -0.2) is 0 Å². The second-order valence-corrected chi connectivity index (χ2v) is 5.85. The molecule has 100 valence electrons. The van der Waals surface area contributed by atoms with Crippen LogP contribution in [0.25, 0.3) is 10.9 Å². The maximum Gasteiger partial charge on any atom is 0.271 e. The van der Waals surface area contributed by atoms with Crippen molar-refractivity contribution in [1.82, 2.24) is 4.98 Å². The third-order valence-corrected chi connectivity index (χ3v) is 2.87. The Morgan fingerprint density at radius 3 is 2.63 bits per heavy atom. The average Bonchev–Trinajstić information content (AvgIpc) is 2.68. The Labute approximate surface area is 110 Å². The summed E-state index contributed by atoms with van der Waals surface area (Å²) in [5.74, 6) is 0.0487. The number of fused-ring (bicyclic) bond motifs is 1.